The molecule has 0 atom stereocenters. The molecular formula is C70H84O24. The Bertz CT molecular complexity index is 3140. The summed E-state index contributed by atoms with van der Waals surface area (Å²) in [5.74, 6) is -9.00. The number of unbranched alkanes of at least 4 members (excludes halogenated alkanes) is 1. The Labute approximate surface area is 546 Å². The molecule has 2 fully saturated rings. The SMILES string of the molecule is C=CC(=O)OCCCCOC(=O)c1cc(OC(=O)C2CCC(C(=O)Oc3ccc(CCOC(=O)CCC(=O)OCC(C)(C)COC(=O)C=C)cc3)CC2)ccc1OC(=O)C1CCC(C(=O)Oc2ccc(CCOC(=O)CCC(=O)OCC(C)(C)COC(=O)C=C)cc2)CC1. The Balaban J connectivity index is 1.03. The molecule has 0 N–H and O–H groups in total. The molecular weight excluding hydrogens is 1220 g/mol. The van der Waals surface area contributed by atoms with Crippen LogP contribution in [0.25, 0.3) is 0 Å². The van der Waals surface area contributed by atoms with E-state index in [2.05, 4.69) is 19.7 Å². The first-order chi connectivity index (χ1) is 44.8. The summed E-state index contributed by atoms with van der Waals surface area (Å²) in [5, 5.41) is 0. The van der Waals surface area contributed by atoms with Crippen LogP contribution in [0.3, 0.4) is 0 Å². The molecule has 0 bridgehead atoms. The van der Waals surface area contributed by atoms with E-state index in [1.54, 1.807) is 76.2 Å². The molecule has 0 aromatic heterocycles. The highest BCUT2D eigenvalue weighted by Gasteiger charge is 2.35. The number of rotatable bonds is 37. The predicted octanol–water partition coefficient (Wildman–Crippen LogP) is 9.32. The zero-order valence-electron chi connectivity index (χ0n) is 53.8. The summed E-state index contributed by atoms with van der Waals surface area (Å²) in [6, 6.07) is 17.3. The molecule has 3 aromatic carbocycles. The topological polar surface area (TPSA) is 316 Å². The fourth-order valence-corrected chi connectivity index (χ4v) is 9.42. The lowest BCUT2D eigenvalue weighted by Gasteiger charge is -2.26. The highest BCUT2D eigenvalue weighted by atomic mass is 16.6. The van der Waals surface area contributed by atoms with E-state index in [0.29, 0.717) is 75.7 Å². The monoisotopic (exact) mass is 1310 g/mol. The van der Waals surface area contributed by atoms with Gasteiger partial charge in [-0.15, -0.1) is 0 Å². The van der Waals surface area contributed by atoms with Gasteiger partial charge in [-0.3, -0.25) is 38.4 Å². The highest BCUT2D eigenvalue weighted by molar-refractivity contribution is 5.94. The van der Waals surface area contributed by atoms with Gasteiger partial charge in [0.2, 0.25) is 0 Å². The molecule has 3 aromatic rings. The summed E-state index contributed by atoms with van der Waals surface area (Å²) in [4.78, 5) is 150. The summed E-state index contributed by atoms with van der Waals surface area (Å²) in [5.41, 5.74) is 0.119. The lowest BCUT2D eigenvalue weighted by atomic mass is 9.82. The third-order valence-electron chi connectivity index (χ3n) is 15.0. The van der Waals surface area contributed by atoms with Crippen LogP contribution in [0.4, 0.5) is 0 Å². The first kappa shape index (κ1) is 75.2. The molecule has 0 amide bonds. The molecule has 0 heterocycles. The molecule has 0 unspecified atom stereocenters. The maximum atomic E-state index is 13.7. The van der Waals surface area contributed by atoms with E-state index in [1.807, 2.05) is 0 Å². The Morgan fingerprint density at radius 1 is 0.383 bits per heavy atom. The maximum Gasteiger partial charge on any atom is 0.342 e. The molecule has 0 aliphatic heterocycles. The molecule has 2 aliphatic carbocycles. The van der Waals surface area contributed by atoms with Gasteiger partial charge in [0.05, 0.1) is 102 Å². The standard InChI is InChI=1S/C70H84O24/c1-8-57(71)83-37-11-12-38-86-68(82)55-41-54(93-66(80)50-19-17-48(18-20-50)64(78)91-52-25-13-46(14-26-52)35-39-84-60(74)31-33-62(76)89-44-69(4,5)42-87-58(72)9-2)29-30-56(55)94-67(81)51-23-21-49(22-24-51)65(79)92-53-27-15-47(16-28-53)36-40-85-61(75)32-34-63(77)90-45-70(6,7)43-88-59(73)10-3/h8-10,13-16,25-30,41,48-51H,1-3,11-12,17-24,31-40,42-45H2,4-7H3. The second-order valence-electron chi connectivity index (χ2n) is 24.2. The molecule has 2 saturated carbocycles. The van der Waals surface area contributed by atoms with Gasteiger partial charge in [0.25, 0.3) is 0 Å². The minimum Gasteiger partial charge on any atom is -0.465 e. The van der Waals surface area contributed by atoms with Crippen LogP contribution in [0, 0.1) is 34.5 Å². The van der Waals surface area contributed by atoms with Crippen LogP contribution >= 0.6 is 0 Å². The Kier molecular flexibility index (Phi) is 30.8. The predicted molar refractivity (Wildman–Crippen MR) is 333 cm³/mol. The van der Waals surface area contributed by atoms with Crippen molar-refractivity contribution in [1.29, 1.82) is 0 Å². The number of esters is 12. The Morgan fingerprint density at radius 3 is 1.09 bits per heavy atom. The normalized spacial score (nSPS) is 16.0. The van der Waals surface area contributed by atoms with Gasteiger partial charge in [0, 0.05) is 41.9 Å². The third kappa shape index (κ3) is 27.8. The first-order valence-electron chi connectivity index (χ1n) is 31.2. The number of carbonyl (C=O) groups excluding carboxylic acids is 12. The number of benzene rings is 3. The summed E-state index contributed by atoms with van der Waals surface area (Å²) in [7, 11) is 0. The van der Waals surface area contributed by atoms with Crippen molar-refractivity contribution in [3.8, 4) is 23.0 Å². The fourth-order valence-electron chi connectivity index (χ4n) is 9.42. The van der Waals surface area contributed by atoms with Crippen LogP contribution in [0.5, 0.6) is 23.0 Å². The van der Waals surface area contributed by atoms with E-state index >= 15 is 0 Å². The Morgan fingerprint density at radius 2 is 0.702 bits per heavy atom. The number of carbonyl (C=O) groups is 12. The van der Waals surface area contributed by atoms with Crippen molar-refractivity contribution in [2.24, 2.45) is 34.5 Å². The van der Waals surface area contributed by atoms with Crippen molar-refractivity contribution in [2.75, 3.05) is 52.9 Å². The number of hydrogen-bond acceptors (Lipinski definition) is 24. The van der Waals surface area contributed by atoms with Gasteiger partial charge < -0.3 is 56.8 Å². The smallest absolute Gasteiger partial charge is 0.342 e. The van der Waals surface area contributed by atoms with Gasteiger partial charge in [0.1, 0.15) is 28.6 Å². The number of hydrogen-bond donors (Lipinski definition) is 0. The number of ether oxygens (including phenoxy) is 12. The zero-order chi connectivity index (χ0) is 68.6. The molecule has 5 rings (SSSR count). The molecule has 0 spiro atoms. The van der Waals surface area contributed by atoms with Crippen LogP contribution in [0.15, 0.2) is 105 Å². The molecule has 24 heteroatoms. The minimum atomic E-state index is -0.878. The summed E-state index contributed by atoms with van der Waals surface area (Å²) >= 11 is 0. The van der Waals surface area contributed by atoms with Crippen molar-refractivity contribution < 1.29 is 114 Å². The van der Waals surface area contributed by atoms with Crippen molar-refractivity contribution in [3.05, 3.63) is 121 Å². The average molecular weight is 1310 g/mol. The first-order valence-corrected chi connectivity index (χ1v) is 31.2. The molecule has 0 radical (unpaired) electrons. The van der Waals surface area contributed by atoms with Crippen LogP contribution in [0.1, 0.15) is 139 Å². The van der Waals surface area contributed by atoms with E-state index in [9.17, 15) is 57.5 Å². The quantitative estimate of drug-likeness (QED) is 0.0170. The van der Waals surface area contributed by atoms with Crippen molar-refractivity contribution in [3.63, 3.8) is 0 Å². The minimum absolute atomic E-state index is 0.0164. The van der Waals surface area contributed by atoms with Gasteiger partial charge in [0.15, 0.2) is 0 Å². The molecule has 508 valence electrons. The highest BCUT2D eigenvalue weighted by Crippen LogP contribution is 2.35. The van der Waals surface area contributed by atoms with Crippen LogP contribution in [0.2, 0.25) is 0 Å². The van der Waals surface area contributed by atoms with Gasteiger partial charge in [-0.1, -0.05) is 71.7 Å². The van der Waals surface area contributed by atoms with Crippen molar-refractivity contribution in [1.82, 2.24) is 0 Å². The van der Waals surface area contributed by atoms with Crippen LogP contribution in [-0.2, 0) is 103 Å². The zero-order valence-corrected chi connectivity index (χ0v) is 53.8. The summed E-state index contributed by atoms with van der Waals surface area (Å²) < 4.78 is 64.4. The lowest BCUT2D eigenvalue weighted by Crippen LogP contribution is -2.31. The van der Waals surface area contributed by atoms with E-state index < -0.39 is 106 Å². The van der Waals surface area contributed by atoms with E-state index in [-0.39, 0.29) is 108 Å². The molecule has 0 saturated heterocycles. The van der Waals surface area contributed by atoms with Gasteiger partial charge in [-0.25, -0.2) is 19.2 Å². The van der Waals surface area contributed by atoms with Crippen molar-refractivity contribution in [2.45, 2.75) is 130 Å². The fraction of sp³-hybridized carbons (Fsp3) is 0.486. The van der Waals surface area contributed by atoms with E-state index in [0.717, 1.165) is 29.4 Å². The molecule has 2 aliphatic rings. The van der Waals surface area contributed by atoms with Gasteiger partial charge >= 0.3 is 71.6 Å². The Hall–Kier alpha value is -9.48. The van der Waals surface area contributed by atoms with E-state index in [1.165, 1.54) is 18.2 Å². The van der Waals surface area contributed by atoms with Gasteiger partial charge in [-0.2, -0.15) is 0 Å². The average Bonchev–Trinajstić information content (AvgIpc) is 1.09. The second-order valence-corrected chi connectivity index (χ2v) is 24.2. The third-order valence-corrected chi connectivity index (χ3v) is 15.0. The van der Waals surface area contributed by atoms with Crippen LogP contribution < -0.4 is 18.9 Å². The second kappa shape index (κ2) is 38.5. The largest absolute Gasteiger partial charge is 0.465 e. The van der Waals surface area contributed by atoms with E-state index in [4.69, 9.17) is 56.8 Å². The van der Waals surface area contributed by atoms with Crippen LogP contribution in [-0.4, -0.2) is 124 Å². The maximum absolute atomic E-state index is 13.7. The summed E-state index contributed by atoms with van der Waals surface area (Å²) in [6.07, 6.45) is 6.22. The summed E-state index contributed by atoms with van der Waals surface area (Å²) in [6.45, 7) is 17.1. The molecule has 24 nitrogen and oxygen atoms in total. The van der Waals surface area contributed by atoms with Crippen molar-refractivity contribution >= 4 is 71.6 Å². The lowest BCUT2D eigenvalue weighted by molar-refractivity contribution is -0.154. The molecule has 94 heavy (non-hydrogen) atoms. The van der Waals surface area contributed by atoms with Gasteiger partial charge in [-0.05, 0) is 118 Å².